The summed E-state index contributed by atoms with van der Waals surface area (Å²) in [6.45, 7) is 7.74. The molecule has 1 rings (SSSR count). The summed E-state index contributed by atoms with van der Waals surface area (Å²) >= 11 is 1.68. The summed E-state index contributed by atoms with van der Waals surface area (Å²) in [5, 5.41) is 5.68. The lowest BCUT2D eigenvalue weighted by Gasteiger charge is -2.19. The first-order valence-corrected chi connectivity index (χ1v) is 6.27. The van der Waals surface area contributed by atoms with Gasteiger partial charge < -0.3 is 0 Å². The van der Waals surface area contributed by atoms with Crippen molar-refractivity contribution in [2.45, 2.75) is 39.8 Å². The largest absolute Gasteiger partial charge is 0.292 e. The summed E-state index contributed by atoms with van der Waals surface area (Å²) in [7, 11) is 0. The molecule has 1 aliphatic rings. The molecule has 1 heterocycles. The van der Waals surface area contributed by atoms with E-state index in [-0.39, 0.29) is 6.17 Å². The molecule has 0 aromatic carbocycles. The van der Waals surface area contributed by atoms with Crippen molar-refractivity contribution < 1.29 is 0 Å². The van der Waals surface area contributed by atoms with Crippen LogP contribution in [0, 0.1) is 5.92 Å². The van der Waals surface area contributed by atoms with Gasteiger partial charge in [0.2, 0.25) is 0 Å². The second kappa shape index (κ2) is 6.25. The molecule has 0 saturated heterocycles. The molecule has 14 heavy (non-hydrogen) atoms. The Labute approximate surface area is 91.3 Å². The second-order valence-electron chi connectivity index (χ2n) is 3.98. The quantitative estimate of drug-likeness (QED) is 0.757. The summed E-state index contributed by atoms with van der Waals surface area (Å²) in [4.78, 5) is 4.44. The number of hydrogen-bond donors (Lipinski definition) is 1. The van der Waals surface area contributed by atoms with Crippen LogP contribution in [0.2, 0.25) is 0 Å². The monoisotopic (exact) mass is 212 g/mol. The SMILES string of the molecule is CCC1=CSC=NC1NCCC(C)C. The minimum atomic E-state index is 0.236. The minimum Gasteiger partial charge on any atom is -0.292 e. The molecular formula is C11H20N2S. The van der Waals surface area contributed by atoms with Crippen molar-refractivity contribution in [2.24, 2.45) is 10.9 Å². The smallest absolute Gasteiger partial charge is 0.122 e. The van der Waals surface area contributed by atoms with Crippen molar-refractivity contribution >= 4 is 17.3 Å². The highest BCUT2D eigenvalue weighted by Crippen LogP contribution is 2.18. The lowest BCUT2D eigenvalue weighted by molar-refractivity contribution is 0.502. The molecule has 0 aromatic heterocycles. The van der Waals surface area contributed by atoms with Crippen LogP contribution in [-0.4, -0.2) is 18.3 Å². The number of thioether (sulfide) groups is 1. The third-order valence-corrected chi connectivity index (χ3v) is 2.99. The van der Waals surface area contributed by atoms with Crippen LogP contribution in [0.3, 0.4) is 0 Å². The maximum absolute atomic E-state index is 4.44. The molecule has 0 saturated carbocycles. The fourth-order valence-corrected chi connectivity index (χ4v) is 2.07. The van der Waals surface area contributed by atoms with Crippen LogP contribution in [0.15, 0.2) is 16.0 Å². The molecule has 0 bridgehead atoms. The first-order chi connectivity index (χ1) is 6.74. The van der Waals surface area contributed by atoms with Gasteiger partial charge in [-0.3, -0.25) is 10.3 Å². The summed E-state index contributed by atoms with van der Waals surface area (Å²) in [6, 6.07) is 0. The summed E-state index contributed by atoms with van der Waals surface area (Å²) < 4.78 is 0. The van der Waals surface area contributed by atoms with Crippen molar-refractivity contribution in [1.29, 1.82) is 0 Å². The predicted molar refractivity (Wildman–Crippen MR) is 65.7 cm³/mol. The minimum absolute atomic E-state index is 0.236. The van der Waals surface area contributed by atoms with Crippen molar-refractivity contribution in [3.05, 3.63) is 11.0 Å². The number of hydrogen-bond acceptors (Lipinski definition) is 3. The molecule has 1 unspecified atom stereocenters. The maximum atomic E-state index is 4.44. The Balaban J connectivity index is 2.31. The van der Waals surface area contributed by atoms with E-state index in [4.69, 9.17) is 0 Å². The van der Waals surface area contributed by atoms with Crippen molar-refractivity contribution in [1.82, 2.24) is 5.32 Å². The molecular weight excluding hydrogens is 192 g/mol. The standard InChI is InChI=1S/C11H20N2S/c1-4-10-7-14-8-13-11(10)12-6-5-9(2)3/h7-9,11-12H,4-6H2,1-3H3. The van der Waals surface area contributed by atoms with Crippen LogP contribution in [0.1, 0.15) is 33.6 Å². The van der Waals surface area contributed by atoms with Crippen molar-refractivity contribution in [2.75, 3.05) is 6.54 Å². The highest BCUT2D eigenvalue weighted by Gasteiger charge is 2.12. The average molecular weight is 212 g/mol. The third kappa shape index (κ3) is 3.84. The van der Waals surface area contributed by atoms with E-state index in [1.54, 1.807) is 11.8 Å². The molecule has 2 nitrogen and oxygen atoms in total. The molecule has 1 atom stereocenters. The zero-order chi connectivity index (χ0) is 10.4. The predicted octanol–water partition coefficient (Wildman–Crippen LogP) is 3.02. The molecule has 0 fully saturated rings. The molecule has 80 valence electrons. The van der Waals surface area contributed by atoms with Gasteiger partial charge in [-0.2, -0.15) is 0 Å². The van der Waals surface area contributed by atoms with Gasteiger partial charge in [0.1, 0.15) is 6.17 Å². The van der Waals surface area contributed by atoms with E-state index in [0.29, 0.717) is 0 Å². The zero-order valence-electron chi connectivity index (χ0n) is 9.29. The van der Waals surface area contributed by atoms with Gasteiger partial charge in [-0.25, -0.2) is 0 Å². The van der Waals surface area contributed by atoms with E-state index < -0.39 is 0 Å². The van der Waals surface area contributed by atoms with E-state index in [1.165, 1.54) is 12.0 Å². The maximum Gasteiger partial charge on any atom is 0.122 e. The Morgan fingerprint density at radius 3 is 3.00 bits per heavy atom. The lowest BCUT2D eigenvalue weighted by atomic mass is 10.1. The van der Waals surface area contributed by atoms with E-state index >= 15 is 0 Å². The first-order valence-electron chi connectivity index (χ1n) is 5.33. The van der Waals surface area contributed by atoms with E-state index in [1.807, 2.05) is 5.55 Å². The Hall–Kier alpha value is -0.280. The van der Waals surface area contributed by atoms with Gasteiger partial charge in [0.25, 0.3) is 0 Å². The second-order valence-corrected chi connectivity index (χ2v) is 4.69. The van der Waals surface area contributed by atoms with Gasteiger partial charge >= 0.3 is 0 Å². The van der Waals surface area contributed by atoms with Gasteiger partial charge in [0.15, 0.2) is 0 Å². The van der Waals surface area contributed by atoms with E-state index in [9.17, 15) is 0 Å². The van der Waals surface area contributed by atoms with Crippen LogP contribution < -0.4 is 5.32 Å². The van der Waals surface area contributed by atoms with Gasteiger partial charge in [-0.1, -0.05) is 32.5 Å². The van der Waals surface area contributed by atoms with Crippen molar-refractivity contribution in [3.63, 3.8) is 0 Å². The summed E-state index contributed by atoms with van der Waals surface area (Å²) in [5.74, 6) is 0.763. The highest BCUT2D eigenvalue weighted by atomic mass is 32.2. The van der Waals surface area contributed by atoms with Gasteiger partial charge in [0, 0.05) is 0 Å². The van der Waals surface area contributed by atoms with E-state index in [2.05, 4.69) is 36.5 Å². The molecule has 0 amide bonds. The summed E-state index contributed by atoms with van der Waals surface area (Å²) in [5.41, 5.74) is 3.33. The molecule has 0 aliphatic carbocycles. The van der Waals surface area contributed by atoms with Gasteiger partial charge in [0.05, 0.1) is 5.55 Å². The normalized spacial score (nSPS) is 21.4. The molecule has 0 radical (unpaired) electrons. The van der Waals surface area contributed by atoms with Gasteiger partial charge in [-0.05, 0) is 36.3 Å². The molecule has 1 N–H and O–H groups in total. The van der Waals surface area contributed by atoms with Crippen LogP contribution in [-0.2, 0) is 0 Å². The Morgan fingerprint density at radius 2 is 2.36 bits per heavy atom. The number of rotatable bonds is 5. The molecule has 1 aliphatic heterocycles. The molecule has 0 aromatic rings. The fourth-order valence-electron chi connectivity index (χ4n) is 1.34. The molecule has 0 spiro atoms. The fraction of sp³-hybridized carbons (Fsp3) is 0.727. The van der Waals surface area contributed by atoms with Crippen LogP contribution >= 0.6 is 11.8 Å². The average Bonchev–Trinajstić information content (AvgIpc) is 2.18. The first kappa shape index (κ1) is 11.8. The topological polar surface area (TPSA) is 24.4 Å². The zero-order valence-corrected chi connectivity index (χ0v) is 10.1. The Morgan fingerprint density at radius 1 is 1.57 bits per heavy atom. The number of nitrogens with zero attached hydrogens (tertiary/aromatic N) is 1. The van der Waals surface area contributed by atoms with Crippen molar-refractivity contribution in [3.8, 4) is 0 Å². The Kier molecular flexibility index (Phi) is 5.26. The highest BCUT2D eigenvalue weighted by molar-refractivity contribution is 8.14. The van der Waals surface area contributed by atoms with E-state index in [0.717, 1.165) is 18.9 Å². The van der Waals surface area contributed by atoms with Gasteiger partial charge in [-0.15, -0.1) is 0 Å². The third-order valence-electron chi connectivity index (χ3n) is 2.31. The number of nitrogens with one attached hydrogen (secondary N) is 1. The van der Waals surface area contributed by atoms with Crippen LogP contribution in [0.5, 0.6) is 0 Å². The summed E-state index contributed by atoms with van der Waals surface area (Å²) in [6.07, 6.45) is 2.54. The molecule has 3 heteroatoms. The number of aliphatic imine (C=N–C) groups is 1. The Bertz CT molecular complexity index is 221. The van der Waals surface area contributed by atoms with Crippen LogP contribution in [0.4, 0.5) is 0 Å². The van der Waals surface area contributed by atoms with Crippen LogP contribution in [0.25, 0.3) is 0 Å². The lowest BCUT2D eigenvalue weighted by Crippen LogP contribution is -2.31.